The van der Waals surface area contributed by atoms with Crippen molar-refractivity contribution in [3.63, 3.8) is 0 Å². The second-order valence-electron chi connectivity index (χ2n) is 3.83. The van der Waals surface area contributed by atoms with Gasteiger partial charge in [-0.15, -0.1) is 0 Å². The molecular formula is C14H11Br2FO2. The van der Waals surface area contributed by atoms with Gasteiger partial charge in [0.15, 0.2) is 0 Å². The monoisotopic (exact) mass is 388 g/mol. The Kier molecular flexibility index (Phi) is 4.82. The molecule has 2 aromatic rings. The normalized spacial score (nSPS) is 10.3. The summed E-state index contributed by atoms with van der Waals surface area (Å²) < 4.78 is 25.1. The summed E-state index contributed by atoms with van der Waals surface area (Å²) in [5, 5.41) is 0. The number of halogens is 3. The van der Waals surface area contributed by atoms with Crippen LogP contribution in [0, 0.1) is 5.82 Å². The van der Waals surface area contributed by atoms with Crippen molar-refractivity contribution in [3.8, 4) is 11.5 Å². The first-order valence-electron chi connectivity index (χ1n) is 5.50. The highest BCUT2D eigenvalue weighted by Gasteiger charge is 2.05. The lowest BCUT2D eigenvalue weighted by atomic mass is 10.2. The largest absolute Gasteiger partial charge is 0.497 e. The number of hydrogen-bond donors (Lipinski definition) is 0. The van der Waals surface area contributed by atoms with Crippen LogP contribution in [0.1, 0.15) is 5.56 Å². The molecule has 0 heterocycles. The van der Waals surface area contributed by atoms with Gasteiger partial charge in [-0.1, -0.05) is 6.07 Å². The Morgan fingerprint density at radius 3 is 2.47 bits per heavy atom. The van der Waals surface area contributed by atoms with Crippen LogP contribution in [-0.4, -0.2) is 7.11 Å². The zero-order valence-corrected chi connectivity index (χ0v) is 13.3. The Morgan fingerprint density at radius 1 is 1.05 bits per heavy atom. The van der Waals surface area contributed by atoms with Gasteiger partial charge in [0, 0.05) is 0 Å². The van der Waals surface area contributed by atoms with Crippen LogP contribution in [0.25, 0.3) is 0 Å². The molecule has 0 unspecified atom stereocenters. The van der Waals surface area contributed by atoms with Crippen molar-refractivity contribution in [2.45, 2.75) is 6.61 Å². The molecule has 0 aliphatic carbocycles. The van der Waals surface area contributed by atoms with E-state index in [0.717, 1.165) is 15.8 Å². The summed E-state index contributed by atoms with van der Waals surface area (Å²) in [6.45, 7) is 0.365. The van der Waals surface area contributed by atoms with E-state index in [1.165, 1.54) is 6.07 Å². The Morgan fingerprint density at radius 2 is 1.84 bits per heavy atom. The summed E-state index contributed by atoms with van der Waals surface area (Å²) in [5.74, 6) is 1.18. The van der Waals surface area contributed by atoms with E-state index in [2.05, 4.69) is 31.9 Å². The van der Waals surface area contributed by atoms with Gasteiger partial charge in [0.25, 0.3) is 0 Å². The predicted octanol–water partition coefficient (Wildman–Crippen LogP) is 4.94. The molecule has 100 valence electrons. The molecule has 5 heteroatoms. The minimum Gasteiger partial charge on any atom is -0.497 e. The highest BCUT2D eigenvalue weighted by Crippen LogP contribution is 2.30. The van der Waals surface area contributed by atoms with Crippen LogP contribution in [-0.2, 0) is 6.61 Å². The Hall–Kier alpha value is -1.07. The smallest absolute Gasteiger partial charge is 0.137 e. The molecule has 0 bridgehead atoms. The lowest BCUT2D eigenvalue weighted by Gasteiger charge is -2.10. The summed E-state index contributed by atoms with van der Waals surface area (Å²) in [7, 11) is 1.61. The Balaban J connectivity index is 2.07. The summed E-state index contributed by atoms with van der Waals surface area (Å²) in [4.78, 5) is 0. The van der Waals surface area contributed by atoms with Gasteiger partial charge in [-0.05, 0) is 67.8 Å². The second kappa shape index (κ2) is 6.39. The van der Waals surface area contributed by atoms with Gasteiger partial charge in [0.05, 0.1) is 16.1 Å². The van der Waals surface area contributed by atoms with Gasteiger partial charge < -0.3 is 9.47 Å². The van der Waals surface area contributed by atoms with Crippen LogP contribution in [0.15, 0.2) is 45.3 Å². The third-order valence-corrected chi connectivity index (χ3v) is 3.74. The van der Waals surface area contributed by atoms with Crippen molar-refractivity contribution in [1.82, 2.24) is 0 Å². The first-order chi connectivity index (χ1) is 9.10. The van der Waals surface area contributed by atoms with Gasteiger partial charge in [0.1, 0.15) is 23.9 Å². The first kappa shape index (κ1) is 14.3. The van der Waals surface area contributed by atoms with Crippen molar-refractivity contribution < 1.29 is 13.9 Å². The summed E-state index contributed by atoms with van der Waals surface area (Å²) >= 11 is 6.56. The molecule has 0 saturated heterocycles. The fourth-order valence-electron chi connectivity index (χ4n) is 1.52. The Bertz CT molecular complexity index is 588. The van der Waals surface area contributed by atoms with E-state index in [0.29, 0.717) is 16.8 Å². The molecule has 0 saturated carbocycles. The number of methoxy groups -OCH3 is 1. The van der Waals surface area contributed by atoms with Crippen molar-refractivity contribution in [3.05, 3.63) is 56.7 Å². The van der Waals surface area contributed by atoms with Gasteiger partial charge in [0.2, 0.25) is 0 Å². The maximum absolute atomic E-state index is 13.1. The molecule has 0 aliphatic heterocycles. The maximum Gasteiger partial charge on any atom is 0.137 e. The summed E-state index contributed by atoms with van der Waals surface area (Å²) in [5.41, 5.74) is 0.885. The molecule has 0 aliphatic rings. The molecular weight excluding hydrogens is 379 g/mol. The molecule has 2 nitrogen and oxygen atoms in total. The lowest BCUT2D eigenvalue weighted by molar-refractivity contribution is 0.303. The van der Waals surface area contributed by atoms with Gasteiger partial charge in [-0.3, -0.25) is 0 Å². The lowest BCUT2D eigenvalue weighted by Crippen LogP contribution is -1.97. The van der Waals surface area contributed by atoms with Crippen molar-refractivity contribution in [1.29, 1.82) is 0 Å². The molecule has 0 fully saturated rings. The van der Waals surface area contributed by atoms with Gasteiger partial charge in [-0.25, -0.2) is 4.39 Å². The fourth-order valence-corrected chi connectivity index (χ4v) is 2.41. The molecule has 2 aromatic carbocycles. The highest BCUT2D eigenvalue weighted by atomic mass is 79.9. The van der Waals surface area contributed by atoms with E-state index in [9.17, 15) is 4.39 Å². The number of hydrogen-bond acceptors (Lipinski definition) is 2. The zero-order chi connectivity index (χ0) is 13.8. The van der Waals surface area contributed by atoms with Gasteiger partial charge in [-0.2, -0.15) is 0 Å². The topological polar surface area (TPSA) is 18.5 Å². The molecule has 19 heavy (non-hydrogen) atoms. The van der Waals surface area contributed by atoms with Crippen LogP contribution < -0.4 is 9.47 Å². The molecule has 0 amide bonds. The van der Waals surface area contributed by atoms with Crippen LogP contribution in [0.2, 0.25) is 0 Å². The highest BCUT2D eigenvalue weighted by molar-refractivity contribution is 9.10. The quantitative estimate of drug-likeness (QED) is 0.737. The summed E-state index contributed by atoms with van der Waals surface area (Å²) in [6.07, 6.45) is 0. The van der Waals surface area contributed by atoms with E-state index in [-0.39, 0.29) is 5.82 Å². The van der Waals surface area contributed by atoms with Crippen molar-refractivity contribution in [2.75, 3.05) is 7.11 Å². The standard InChI is InChI=1S/C14H11Br2FO2/c1-18-10-3-5-14(12(16)7-10)19-8-9-2-4-13(17)11(15)6-9/h2-7H,8H2,1H3. The van der Waals surface area contributed by atoms with Crippen LogP contribution in [0.3, 0.4) is 0 Å². The molecule has 2 rings (SSSR count). The maximum atomic E-state index is 13.1. The van der Waals surface area contributed by atoms with E-state index >= 15 is 0 Å². The van der Waals surface area contributed by atoms with E-state index in [4.69, 9.17) is 9.47 Å². The van der Waals surface area contributed by atoms with E-state index in [1.807, 2.05) is 18.2 Å². The molecule has 0 spiro atoms. The number of benzene rings is 2. The van der Waals surface area contributed by atoms with Crippen LogP contribution in [0.4, 0.5) is 4.39 Å². The van der Waals surface area contributed by atoms with Crippen molar-refractivity contribution in [2.24, 2.45) is 0 Å². The van der Waals surface area contributed by atoms with Crippen LogP contribution >= 0.6 is 31.9 Å². The molecule has 0 aromatic heterocycles. The SMILES string of the molecule is COc1ccc(OCc2ccc(F)c(Br)c2)c(Br)c1. The second-order valence-corrected chi connectivity index (χ2v) is 5.54. The third kappa shape index (κ3) is 3.70. The van der Waals surface area contributed by atoms with Gasteiger partial charge >= 0.3 is 0 Å². The molecule has 0 atom stereocenters. The van der Waals surface area contributed by atoms with Crippen molar-refractivity contribution >= 4 is 31.9 Å². The Labute approximate surface area is 127 Å². The average Bonchev–Trinajstić information content (AvgIpc) is 2.41. The molecule has 0 N–H and O–H groups in total. The first-order valence-corrected chi connectivity index (χ1v) is 7.09. The van der Waals surface area contributed by atoms with Crippen LogP contribution in [0.5, 0.6) is 11.5 Å². The fraction of sp³-hybridized carbons (Fsp3) is 0.143. The third-order valence-electron chi connectivity index (χ3n) is 2.52. The minimum absolute atomic E-state index is 0.283. The zero-order valence-electron chi connectivity index (χ0n) is 10.1. The van der Waals surface area contributed by atoms with E-state index < -0.39 is 0 Å². The summed E-state index contributed by atoms with van der Waals surface area (Å²) in [6, 6.07) is 10.3. The number of rotatable bonds is 4. The minimum atomic E-state index is -0.283. The predicted molar refractivity (Wildman–Crippen MR) is 79.1 cm³/mol. The number of ether oxygens (including phenoxy) is 2. The molecule has 0 radical (unpaired) electrons. The average molecular weight is 390 g/mol. The van der Waals surface area contributed by atoms with E-state index in [1.54, 1.807) is 19.2 Å².